The summed E-state index contributed by atoms with van der Waals surface area (Å²) in [6, 6.07) is 1.71. The van der Waals surface area contributed by atoms with E-state index in [1.165, 1.54) is 0 Å². The van der Waals surface area contributed by atoms with Crippen LogP contribution in [0.4, 0.5) is 17.6 Å². The van der Waals surface area contributed by atoms with Gasteiger partial charge in [-0.3, -0.25) is 0 Å². The molecule has 0 aromatic heterocycles. The van der Waals surface area contributed by atoms with Crippen LogP contribution in [-0.2, 0) is 6.18 Å². The Kier molecular flexibility index (Phi) is 6.57. The van der Waals surface area contributed by atoms with Crippen LogP contribution in [0.1, 0.15) is 36.9 Å². The van der Waals surface area contributed by atoms with Crippen LogP contribution in [0.3, 0.4) is 0 Å². The molecule has 0 aliphatic carbocycles. The van der Waals surface area contributed by atoms with Gasteiger partial charge in [0.1, 0.15) is 5.82 Å². The summed E-state index contributed by atoms with van der Waals surface area (Å²) in [6.45, 7) is 1.87. The SMILES string of the molecule is CCC(CCO)NC(CN)c1cc(F)cc(C(F)(F)F)c1. The fraction of sp³-hybridized carbons (Fsp3) is 0.571. The van der Waals surface area contributed by atoms with Crippen molar-refractivity contribution >= 4 is 0 Å². The zero-order chi connectivity index (χ0) is 16.0. The van der Waals surface area contributed by atoms with E-state index in [0.29, 0.717) is 18.9 Å². The molecule has 0 aliphatic rings. The molecule has 7 heteroatoms. The number of nitrogens with two attached hydrogens (primary N) is 1. The van der Waals surface area contributed by atoms with Crippen LogP contribution >= 0.6 is 0 Å². The van der Waals surface area contributed by atoms with Crippen LogP contribution in [-0.4, -0.2) is 24.3 Å². The highest BCUT2D eigenvalue weighted by molar-refractivity contribution is 5.29. The molecule has 4 N–H and O–H groups in total. The maximum Gasteiger partial charge on any atom is 0.416 e. The Labute approximate surface area is 121 Å². The summed E-state index contributed by atoms with van der Waals surface area (Å²) in [5, 5.41) is 12.0. The van der Waals surface area contributed by atoms with Gasteiger partial charge in [-0.05, 0) is 36.6 Å². The van der Waals surface area contributed by atoms with E-state index >= 15 is 0 Å². The maximum absolute atomic E-state index is 13.4. The van der Waals surface area contributed by atoms with Crippen molar-refractivity contribution in [2.45, 2.75) is 38.0 Å². The van der Waals surface area contributed by atoms with E-state index in [9.17, 15) is 17.6 Å². The van der Waals surface area contributed by atoms with Crippen LogP contribution in [0.25, 0.3) is 0 Å². The highest BCUT2D eigenvalue weighted by atomic mass is 19.4. The minimum atomic E-state index is -4.61. The molecule has 1 aromatic rings. The molecule has 0 fully saturated rings. The second kappa shape index (κ2) is 7.72. The number of benzene rings is 1. The first-order chi connectivity index (χ1) is 9.81. The maximum atomic E-state index is 13.4. The normalized spacial score (nSPS) is 15.0. The lowest BCUT2D eigenvalue weighted by atomic mass is 10.0. The third-order valence-corrected chi connectivity index (χ3v) is 3.29. The average molecular weight is 308 g/mol. The predicted octanol–water partition coefficient (Wildman–Crippen LogP) is 2.59. The zero-order valence-electron chi connectivity index (χ0n) is 11.8. The second-order valence-electron chi connectivity index (χ2n) is 4.84. The van der Waals surface area contributed by atoms with Gasteiger partial charge in [-0.2, -0.15) is 13.2 Å². The van der Waals surface area contributed by atoms with Crippen LogP contribution in [0.15, 0.2) is 18.2 Å². The van der Waals surface area contributed by atoms with Gasteiger partial charge < -0.3 is 16.2 Å². The minimum Gasteiger partial charge on any atom is -0.396 e. The molecule has 0 aliphatic heterocycles. The van der Waals surface area contributed by atoms with E-state index in [0.717, 1.165) is 12.1 Å². The van der Waals surface area contributed by atoms with E-state index in [-0.39, 0.29) is 24.8 Å². The lowest BCUT2D eigenvalue weighted by Crippen LogP contribution is -2.37. The largest absolute Gasteiger partial charge is 0.416 e. The number of hydrogen-bond acceptors (Lipinski definition) is 3. The summed E-state index contributed by atoms with van der Waals surface area (Å²) < 4.78 is 51.6. The number of nitrogens with one attached hydrogen (secondary N) is 1. The molecule has 21 heavy (non-hydrogen) atoms. The van der Waals surface area contributed by atoms with Crippen molar-refractivity contribution in [2.75, 3.05) is 13.2 Å². The summed E-state index contributed by atoms with van der Waals surface area (Å²) in [6.07, 6.45) is -3.47. The molecule has 0 bridgehead atoms. The van der Waals surface area contributed by atoms with Crippen LogP contribution in [0.2, 0.25) is 0 Å². The van der Waals surface area contributed by atoms with Crippen molar-refractivity contribution in [3.8, 4) is 0 Å². The van der Waals surface area contributed by atoms with Crippen LogP contribution in [0, 0.1) is 5.82 Å². The molecule has 120 valence electrons. The Morgan fingerprint density at radius 2 is 1.95 bits per heavy atom. The molecule has 2 unspecified atom stereocenters. The molecule has 0 saturated carbocycles. The lowest BCUT2D eigenvalue weighted by Gasteiger charge is -2.24. The van der Waals surface area contributed by atoms with Crippen molar-refractivity contribution in [1.29, 1.82) is 0 Å². The van der Waals surface area contributed by atoms with Gasteiger partial charge in [0.2, 0.25) is 0 Å². The lowest BCUT2D eigenvalue weighted by molar-refractivity contribution is -0.137. The molecule has 0 saturated heterocycles. The van der Waals surface area contributed by atoms with Gasteiger partial charge in [-0.15, -0.1) is 0 Å². The Morgan fingerprint density at radius 3 is 2.43 bits per heavy atom. The van der Waals surface area contributed by atoms with Gasteiger partial charge in [0.15, 0.2) is 0 Å². The van der Waals surface area contributed by atoms with Crippen LogP contribution in [0.5, 0.6) is 0 Å². The van der Waals surface area contributed by atoms with Crippen molar-refractivity contribution < 1.29 is 22.7 Å². The molecule has 0 spiro atoms. The summed E-state index contributed by atoms with van der Waals surface area (Å²) >= 11 is 0. The predicted molar refractivity (Wildman–Crippen MR) is 72.1 cm³/mol. The van der Waals surface area contributed by atoms with Gasteiger partial charge in [0.25, 0.3) is 0 Å². The molecular weight excluding hydrogens is 288 g/mol. The van der Waals surface area contributed by atoms with Gasteiger partial charge in [0, 0.05) is 25.2 Å². The highest BCUT2D eigenvalue weighted by Gasteiger charge is 2.32. The van der Waals surface area contributed by atoms with Crippen molar-refractivity contribution in [2.24, 2.45) is 5.73 Å². The molecule has 1 aromatic carbocycles. The van der Waals surface area contributed by atoms with Crippen molar-refractivity contribution in [3.05, 3.63) is 35.1 Å². The smallest absolute Gasteiger partial charge is 0.396 e. The summed E-state index contributed by atoms with van der Waals surface area (Å²) in [5.41, 5.74) is 4.70. The summed E-state index contributed by atoms with van der Waals surface area (Å²) in [5.74, 6) is -0.949. The Balaban J connectivity index is 3.02. The minimum absolute atomic E-state index is 0.0304. The number of rotatable bonds is 7. The van der Waals surface area contributed by atoms with Gasteiger partial charge in [-0.25, -0.2) is 4.39 Å². The summed E-state index contributed by atoms with van der Waals surface area (Å²) in [7, 11) is 0. The molecule has 0 heterocycles. The fourth-order valence-electron chi connectivity index (χ4n) is 2.12. The van der Waals surface area contributed by atoms with Crippen molar-refractivity contribution in [1.82, 2.24) is 5.32 Å². The highest BCUT2D eigenvalue weighted by Crippen LogP contribution is 2.31. The Bertz CT molecular complexity index is 451. The molecule has 2 atom stereocenters. The first kappa shape index (κ1) is 17.9. The number of aliphatic hydroxyl groups excluding tert-OH is 1. The fourth-order valence-corrected chi connectivity index (χ4v) is 2.12. The summed E-state index contributed by atoms with van der Waals surface area (Å²) in [4.78, 5) is 0. The van der Waals surface area contributed by atoms with E-state index < -0.39 is 23.6 Å². The molecule has 3 nitrogen and oxygen atoms in total. The number of alkyl halides is 3. The van der Waals surface area contributed by atoms with E-state index in [2.05, 4.69) is 5.32 Å². The Morgan fingerprint density at radius 1 is 1.29 bits per heavy atom. The number of hydrogen-bond donors (Lipinski definition) is 3. The zero-order valence-corrected chi connectivity index (χ0v) is 11.8. The molecular formula is C14H20F4N2O. The van der Waals surface area contributed by atoms with Crippen LogP contribution < -0.4 is 11.1 Å². The van der Waals surface area contributed by atoms with E-state index in [1.54, 1.807) is 0 Å². The molecule has 0 amide bonds. The Hall–Kier alpha value is -1.18. The first-order valence-corrected chi connectivity index (χ1v) is 6.76. The molecule has 1 rings (SSSR count). The van der Waals surface area contributed by atoms with Crippen molar-refractivity contribution in [3.63, 3.8) is 0 Å². The van der Waals surface area contributed by atoms with Gasteiger partial charge in [0.05, 0.1) is 5.56 Å². The first-order valence-electron chi connectivity index (χ1n) is 6.76. The quantitative estimate of drug-likeness (QED) is 0.679. The van der Waals surface area contributed by atoms with Gasteiger partial charge in [-0.1, -0.05) is 6.92 Å². The van der Waals surface area contributed by atoms with E-state index in [1.807, 2.05) is 6.92 Å². The standard InChI is InChI=1S/C14H20F4N2O/c1-2-12(3-4-21)20-13(8-19)9-5-10(14(16,17)18)7-11(15)6-9/h5-7,12-13,20-21H,2-4,8,19H2,1H3. The second-order valence-corrected chi connectivity index (χ2v) is 4.84. The number of halogens is 4. The van der Waals surface area contributed by atoms with Gasteiger partial charge >= 0.3 is 6.18 Å². The van der Waals surface area contributed by atoms with E-state index in [4.69, 9.17) is 10.8 Å². The average Bonchev–Trinajstić information content (AvgIpc) is 2.41. The molecule has 0 radical (unpaired) electrons. The monoisotopic (exact) mass is 308 g/mol. The topological polar surface area (TPSA) is 58.3 Å². The number of aliphatic hydroxyl groups is 1. The third kappa shape index (κ3) is 5.26. The third-order valence-electron chi connectivity index (χ3n) is 3.29.